The van der Waals surface area contributed by atoms with Crippen LogP contribution in [0.5, 0.6) is 0 Å². The van der Waals surface area contributed by atoms with E-state index in [1.54, 1.807) is 0 Å². The van der Waals surface area contributed by atoms with Gasteiger partial charge < -0.3 is 5.32 Å². The van der Waals surface area contributed by atoms with Crippen molar-refractivity contribution in [2.75, 3.05) is 32.1 Å². The molecule has 0 aromatic carbocycles. The highest BCUT2D eigenvalue weighted by atomic mass is 32.2. The summed E-state index contributed by atoms with van der Waals surface area (Å²) in [7, 11) is -0.257. The summed E-state index contributed by atoms with van der Waals surface area (Å²) in [6.07, 6.45) is 2.54. The van der Waals surface area contributed by atoms with Crippen molar-refractivity contribution >= 4 is 28.6 Å². The summed E-state index contributed by atoms with van der Waals surface area (Å²) in [5.41, 5.74) is 0.0770. The third-order valence-corrected chi connectivity index (χ3v) is 5.57. The first-order chi connectivity index (χ1) is 7.81. The van der Waals surface area contributed by atoms with Crippen LogP contribution < -0.4 is 5.32 Å². The summed E-state index contributed by atoms with van der Waals surface area (Å²) in [5, 5.41) is 2.65. The molecule has 1 amide bonds. The van der Waals surface area contributed by atoms with Gasteiger partial charge in [0.15, 0.2) is 0 Å². The molecule has 5 nitrogen and oxygen atoms in total. The van der Waals surface area contributed by atoms with Gasteiger partial charge in [-0.15, -0.1) is 0 Å². The lowest BCUT2D eigenvalue weighted by Crippen LogP contribution is -2.34. The van der Waals surface area contributed by atoms with Crippen LogP contribution in [0.1, 0.15) is 19.3 Å². The predicted octanol–water partition coefficient (Wildman–Crippen LogP) is 0.0941. The maximum Gasteiger partial charge on any atom is 0.220 e. The van der Waals surface area contributed by atoms with E-state index in [9.17, 15) is 13.2 Å². The van der Waals surface area contributed by atoms with Crippen molar-refractivity contribution in [3.8, 4) is 0 Å². The molecule has 0 spiro atoms. The number of sulfonamides is 1. The molecule has 0 unspecified atom stereocenters. The van der Waals surface area contributed by atoms with Crippen LogP contribution in [0.3, 0.4) is 0 Å². The number of rotatable bonds is 7. The van der Waals surface area contributed by atoms with Gasteiger partial charge in [-0.25, -0.2) is 12.7 Å². The van der Waals surface area contributed by atoms with Gasteiger partial charge in [-0.3, -0.25) is 4.79 Å². The maximum atomic E-state index is 11.6. The molecule has 0 aromatic heterocycles. The minimum absolute atomic E-state index is 0.0559. The van der Waals surface area contributed by atoms with Crippen LogP contribution in [0.15, 0.2) is 0 Å². The Balaban J connectivity index is 2.26. The fraction of sp³-hybridized carbons (Fsp3) is 0.900. The predicted molar refractivity (Wildman–Crippen MR) is 70.6 cm³/mol. The molecule has 0 saturated heterocycles. The molecule has 0 heterocycles. The molecule has 17 heavy (non-hydrogen) atoms. The van der Waals surface area contributed by atoms with Crippen LogP contribution in [0.25, 0.3) is 0 Å². The number of nitrogens with one attached hydrogen (secondary N) is 1. The van der Waals surface area contributed by atoms with E-state index in [-0.39, 0.29) is 23.6 Å². The van der Waals surface area contributed by atoms with E-state index < -0.39 is 10.0 Å². The standard InChI is InChI=1S/C10H20N2O3S2/c1-12(2)17(14,15)6-5-11-9(13)7-10(8-16)3-4-10/h16H,3-8H2,1-2H3,(H,11,13). The summed E-state index contributed by atoms with van der Waals surface area (Å²) in [4.78, 5) is 11.6. The molecular formula is C10H20N2O3S2. The van der Waals surface area contributed by atoms with E-state index >= 15 is 0 Å². The number of amides is 1. The summed E-state index contributed by atoms with van der Waals surface area (Å²) < 4.78 is 24.0. The second-order valence-electron chi connectivity index (χ2n) is 4.78. The Morgan fingerprint density at radius 2 is 2.00 bits per heavy atom. The van der Waals surface area contributed by atoms with E-state index in [0.29, 0.717) is 6.42 Å². The van der Waals surface area contributed by atoms with Crippen molar-refractivity contribution in [1.29, 1.82) is 0 Å². The lowest BCUT2D eigenvalue weighted by Gasteiger charge is -2.13. The topological polar surface area (TPSA) is 66.5 Å². The van der Waals surface area contributed by atoms with E-state index in [2.05, 4.69) is 17.9 Å². The summed E-state index contributed by atoms with van der Waals surface area (Å²) in [6.45, 7) is 0.169. The van der Waals surface area contributed by atoms with Gasteiger partial charge in [-0.2, -0.15) is 12.6 Å². The summed E-state index contributed by atoms with van der Waals surface area (Å²) in [5.74, 6) is 0.584. The molecule has 0 radical (unpaired) electrons. The van der Waals surface area contributed by atoms with E-state index in [1.165, 1.54) is 14.1 Å². The highest BCUT2D eigenvalue weighted by Gasteiger charge is 2.42. The van der Waals surface area contributed by atoms with Crippen molar-refractivity contribution in [2.45, 2.75) is 19.3 Å². The van der Waals surface area contributed by atoms with Crippen LogP contribution in [-0.4, -0.2) is 50.8 Å². The van der Waals surface area contributed by atoms with Crippen molar-refractivity contribution < 1.29 is 13.2 Å². The summed E-state index contributed by atoms with van der Waals surface area (Å²) in [6, 6.07) is 0. The zero-order chi connectivity index (χ0) is 13.1. The largest absolute Gasteiger partial charge is 0.355 e. The molecular weight excluding hydrogens is 260 g/mol. The van der Waals surface area contributed by atoms with Gasteiger partial charge in [-0.1, -0.05) is 0 Å². The van der Waals surface area contributed by atoms with Gasteiger partial charge in [0.1, 0.15) is 0 Å². The molecule has 0 aromatic rings. The average molecular weight is 280 g/mol. The molecule has 0 aliphatic heterocycles. The average Bonchev–Trinajstić information content (AvgIpc) is 2.98. The normalized spacial score (nSPS) is 18.1. The molecule has 1 rings (SSSR count). The van der Waals surface area contributed by atoms with Crippen LogP contribution >= 0.6 is 12.6 Å². The zero-order valence-electron chi connectivity index (χ0n) is 10.3. The molecule has 1 aliphatic rings. The number of carbonyl (C=O) groups excluding carboxylic acids is 1. The molecule has 100 valence electrons. The second kappa shape index (κ2) is 5.58. The lowest BCUT2D eigenvalue weighted by atomic mass is 10.1. The number of hydrogen-bond donors (Lipinski definition) is 2. The van der Waals surface area contributed by atoms with Crippen LogP contribution in [0.2, 0.25) is 0 Å². The highest BCUT2D eigenvalue weighted by molar-refractivity contribution is 7.89. The molecule has 1 N–H and O–H groups in total. The van der Waals surface area contributed by atoms with Gasteiger partial charge in [-0.05, 0) is 24.0 Å². The second-order valence-corrected chi connectivity index (χ2v) is 7.40. The van der Waals surface area contributed by atoms with Crippen molar-refractivity contribution in [3.63, 3.8) is 0 Å². The molecule has 1 fully saturated rings. The number of carbonyl (C=O) groups is 1. The fourth-order valence-electron chi connectivity index (χ4n) is 1.47. The Hall–Kier alpha value is -0.270. The molecule has 7 heteroatoms. The molecule has 0 bridgehead atoms. The smallest absolute Gasteiger partial charge is 0.220 e. The summed E-state index contributed by atoms with van der Waals surface area (Å²) >= 11 is 4.22. The highest BCUT2D eigenvalue weighted by Crippen LogP contribution is 2.49. The van der Waals surface area contributed by atoms with Gasteiger partial charge in [0.25, 0.3) is 0 Å². The third-order valence-electron chi connectivity index (χ3n) is 3.07. The van der Waals surface area contributed by atoms with E-state index in [4.69, 9.17) is 0 Å². The monoisotopic (exact) mass is 280 g/mol. The fourth-order valence-corrected chi connectivity index (χ4v) is 2.63. The number of thiol groups is 1. The molecule has 1 saturated carbocycles. The first-order valence-electron chi connectivity index (χ1n) is 5.59. The van der Waals surface area contributed by atoms with Gasteiger partial charge >= 0.3 is 0 Å². The Bertz CT molecular complexity index is 375. The Labute approximate surface area is 108 Å². The Morgan fingerprint density at radius 3 is 2.41 bits per heavy atom. The first-order valence-corrected chi connectivity index (χ1v) is 7.83. The van der Waals surface area contributed by atoms with Crippen LogP contribution in [0, 0.1) is 5.41 Å². The van der Waals surface area contributed by atoms with Crippen LogP contribution in [-0.2, 0) is 14.8 Å². The molecule has 0 atom stereocenters. The minimum atomic E-state index is -3.22. The van der Waals surface area contributed by atoms with Gasteiger partial charge in [0.2, 0.25) is 15.9 Å². The van der Waals surface area contributed by atoms with Crippen molar-refractivity contribution in [2.24, 2.45) is 5.41 Å². The van der Waals surface area contributed by atoms with E-state index in [1.807, 2.05) is 0 Å². The minimum Gasteiger partial charge on any atom is -0.355 e. The van der Waals surface area contributed by atoms with E-state index in [0.717, 1.165) is 22.9 Å². The van der Waals surface area contributed by atoms with Gasteiger partial charge in [0.05, 0.1) is 5.75 Å². The van der Waals surface area contributed by atoms with Crippen molar-refractivity contribution in [1.82, 2.24) is 9.62 Å². The number of hydrogen-bond acceptors (Lipinski definition) is 4. The first kappa shape index (κ1) is 14.8. The Morgan fingerprint density at radius 1 is 1.41 bits per heavy atom. The zero-order valence-corrected chi connectivity index (χ0v) is 12.0. The van der Waals surface area contributed by atoms with Crippen molar-refractivity contribution in [3.05, 3.63) is 0 Å². The number of nitrogens with zero attached hydrogens (tertiary/aromatic N) is 1. The lowest BCUT2D eigenvalue weighted by molar-refractivity contribution is -0.121. The maximum absolute atomic E-state index is 11.6. The SMILES string of the molecule is CN(C)S(=O)(=O)CCNC(=O)CC1(CS)CC1. The third kappa shape index (κ3) is 4.48. The van der Waals surface area contributed by atoms with Gasteiger partial charge in [0, 0.05) is 27.1 Å². The Kier molecular flexibility index (Phi) is 4.86. The quantitative estimate of drug-likeness (QED) is 0.650. The molecule has 1 aliphatic carbocycles. The van der Waals surface area contributed by atoms with Crippen LogP contribution in [0.4, 0.5) is 0 Å².